The fourth-order valence-corrected chi connectivity index (χ4v) is 4.32. The zero-order chi connectivity index (χ0) is 21.0. The Kier molecular flexibility index (Phi) is 5.80. The van der Waals surface area contributed by atoms with Crippen LogP contribution in [0, 0.1) is 0 Å². The second-order valence-corrected chi connectivity index (χ2v) is 8.20. The van der Waals surface area contributed by atoms with Crippen molar-refractivity contribution >= 4 is 10.9 Å². The molecule has 5 heteroatoms. The van der Waals surface area contributed by atoms with Gasteiger partial charge in [0.2, 0.25) is 0 Å². The topological polar surface area (TPSA) is 61.5 Å². The summed E-state index contributed by atoms with van der Waals surface area (Å²) in [5.41, 5.74) is 4.57. The van der Waals surface area contributed by atoms with Crippen LogP contribution in [0.3, 0.4) is 0 Å². The number of aliphatic hydroxyl groups excluding tert-OH is 1. The maximum atomic E-state index is 9.79. The van der Waals surface area contributed by atoms with E-state index in [-0.39, 0.29) is 6.10 Å². The minimum atomic E-state index is -0.185. The molecule has 1 saturated heterocycles. The molecule has 2 aromatic carbocycles. The standard InChI is InChI=1S/C26H27N3O2/c30-22-12-14-29(18-22)17-21-6-2-1-5-20(21)15-27-16-23-10-11-25(31-23)24-9-3-7-19-8-4-13-28-26(19)24/h1-11,13,22,27,30H,12,14-18H2. The lowest BCUT2D eigenvalue weighted by Crippen LogP contribution is -2.23. The summed E-state index contributed by atoms with van der Waals surface area (Å²) >= 11 is 0. The number of rotatable bonds is 7. The highest BCUT2D eigenvalue weighted by Crippen LogP contribution is 2.28. The number of aliphatic hydroxyl groups is 1. The number of pyridine rings is 1. The van der Waals surface area contributed by atoms with Crippen LogP contribution >= 0.6 is 0 Å². The summed E-state index contributed by atoms with van der Waals surface area (Å²) in [7, 11) is 0. The quantitative estimate of drug-likeness (QED) is 0.472. The molecule has 1 fully saturated rings. The largest absolute Gasteiger partial charge is 0.460 e. The van der Waals surface area contributed by atoms with Crippen LogP contribution in [0.15, 0.2) is 77.3 Å². The fraction of sp³-hybridized carbons (Fsp3) is 0.269. The number of nitrogens with one attached hydrogen (secondary N) is 1. The van der Waals surface area contributed by atoms with Crippen molar-refractivity contribution in [2.75, 3.05) is 13.1 Å². The summed E-state index contributed by atoms with van der Waals surface area (Å²) < 4.78 is 6.13. The van der Waals surface area contributed by atoms with Crippen LogP contribution in [0.5, 0.6) is 0 Å². The number of hydrogen-bond donors (Lipinski definition) is 2. The summed E-state index contributed by atoms with van der Waals surface area (Å²) in [6.07, 6.45) is 2.50. The van der Waals surface area contributed by atoms with Crippen LogP contribution < -0.4 is 5.32 Å². The smallest absolute Gasteiger partial charge is 0.136 e. The first-order valence-electron chi connectivity index (χ1n) is 10.9. The van der Waals surface area contributed by atoms with E-state index in [1.165, 1.54) is 11.1 Å². The Labute approximate surface area is 182 Å². The Balaban J connectivity index is 1.24. The van der Waals surface area contributed by atoms with Gasteiger partial charge in [-0.1, -0.05) is 42.5 Å². The Morgan fingerprint density at radius 2 is 1.84 bits per heavy atom. The lowest BCUT2D eigenvalue weighted by Gasteiger charge is -2.18. The highest BCUT2D eigenvalue weighted by atomic mass is 16.3. The lowest BCUT2D eigenvalue weighted by molar-refractivity contribution is 0.174. The van der Waals surface area contributed by atoms with Crippen molar-refractivity contribution in [3.63, 3.8) is 0 Å². The first-order valence-corrected chi connectivity index (χ1v) is 10.9. The van der Waals surface area contributed by atoms with Gasteiger partial charge in [0.15, 0.2) is 0 Å². The molecule has 0 amide bonds. The highest BCUT2D eigenvalue weighted by Gasteiger charge is 2.20. The van der Waals surface area contributed by atoms with Gasteiger partial charge in [-0.15, -0.1) is 0 Å². The number of furan rings is 1. The molecular weight excluding hydrogens is 386 g/mol. The average Bonchev–Trinajstić information content (AvgIpc) is 3.43. The monoisotopic (exact) mass is 413 g/mol. The molecule has 2 aromatic heterocycles. The molecule has 0 spiro atoms. The van der Waals surface area contributed by atoms with Gasteiger partial charge in [0.05, 0.1) is 18.2 Å². The lowest BCUT2D eigenvalue weighted by atomic mass is 10.1. The van der Waals surface area contributed by atoms with E-state index in [1.54, 1.807) is 0 Å². The summed E-state index contributed by atoms with van der Waals surface area (Å²) in [5.74, 6) is 1.75. The van der Waals surface area contributed by atoms with E-state index in [0.29, 0.717) is 6.54 Å². The maximum absolute atomic E-state index is 9.79. The molecule has 0 bridgehead atoms. The zero-order valence-corrected chi connectivity index (χ0v) is 17.5. The van der Waals surface area contributed by atoms with Gasteiger partial charge in [0, 0.05) is 43.3 Å². The van der Waals surface area contributed by atoms with E-state index in [9.17, 15) is 5.11 Å². The number of aromatic nitrogens is 1. The molecule has 1 atom stereocenters. The van der Waals surface area contributed by atoms with E-state index < -0.39 is 0 Å². The predicted molar refractivity (Wildman–Crippen MR) is 122 cm³/mol. The van der Waals surface area contributed by atoms with Crippen molar-refractivity contribution in [3.8, 4) is 11.3 Å². The van der Waals surface area contributed by atoms with Crippen LogP contribution in [0.25, 0.3) is 22.2 Å². The number of nitrogens with zero attached hydrogens (tertiary/aromatic N) is 2. The van der Waals surface area contributed by atoms with Gasteiger partial charge in [-0.2, -0.15) is 0 Å². The van der Waals surface area contributed by atoms with Gasteiger partial charge in [0.1, 0.15) is 11.5 Å². The molecular formula is C26H27N3O2. The molecule has 5 rings (SSSR count). The zero-order valence-electron chi connectivity index (χ0n) is 17.5. The van der Waals surface area contributed by atoms with Crippen molar-refractivity contribution in [2.45, 2.75) is 32.2 Å². The Morgan fingerprint density at radius 3 is 2.71 bits per heavy atom. The SMILES string of the molecule is OC1CCN(Cc2ccccc2CNCc2ccc(-c3cccc4cccnc34)o2)C1. The fourth-order valence-electron chi connectivity index (χ4n) is 4.32. The molecule has 1 aliphatic heterocycles. The van der Waals surface area contributed by atoms with Crippen molar-refractivity contribution < 1.29 is 9.52 Å². The van der Waals surface area contributed by atoms with Gasteiger partial charge in [-0.05, 0) is 41.8 Å². The Bertz CT molecular complexity index is 1160. The molecule has 2 N–H and O–H groups in total. The first-order chi connectivity index (χ1) is 15.3. The second-order valence-electron chi connectivity index (χ2n) is 8.20. The minimum absolute atomic E-state index is 0.185. The molecule has 158 valence electrons. The van der Waals surface area contributed by atoms with Crippen LogP contribution in [-0.2, 0) is 19.6 Å². The van der Waals surface area contributed by atoms with Gasteiger partial charge >= 0.3 is 0 Å². The van der Waals surface area contributed by atoms with Crippen molar-refractivity contribution in [1.82, 2.24) is 15.2 Å². The summed E-state index contributed by atoms with van der Waals surface area (Å²) in [6.45, 7) is 4.04. The Hall–Kier alpha value is -2.99. The summed E-state index contributed by atoms with van der Waals surface area (Å²) in [6, 6.07) is 22.7. The number of likely N-dealkylation sites (tertiary alicyclic amines) is 1. The van der Waals surface area contributed by atoms with Crippen molar-refractivity contribution in [1.29, 1.82) is 0 Å². The third kappa shape index (κ3) is 4.54. The summed E-state index contributed by atoms with van der Waals surface area (Å²) in [4.78, 5) is 6.85. The molecule has 4 aromatic rings. The molecule has 0 saturated carbocycles. The van der Waals surface area contributed by atoms with E-state index in [4.69, 9.17) is 4.42 Å². The third-order valence-electron chi connectivity index (χ3n) is 5.93. The number of β-amino-alcohol motifs (C(OH)–C–C–N with tert-alkyl or cyclic N) is 1. The number of benzene rings is 2. The van der Waals surface area contributed by atoms with E-state index >= 15 is 0 Å². The molecule has 0 aliphatic carbocycles. The van der Waals surface area contributed by atoms with Gasteiger partial charge in [-0.3, -0.25) is 9.88 Å². The van der Waals surface area contributed by atoms with Crippen LogP contribution in [-0.4, -0.2) is 34.2 Å². The van der Waals surface area contributed by atoms with E-state index in [1.807, 2.05) is 30.5 Å². The molecule has 1 aliphatic rings. The Morgan fingerprint density at radius 1 is 0.968 bits per heavy atom. The minimum Gasteiger partial charge on any atom is -0.460 e. The average molecular weight is 414 g/mol. The first kappa shape index (κ1) is 19.9. The molecule has 5 nitrogen and oxygen atoms in total. The maximum Gasteiger partial charge on any atom is 0.136 e. The normalized spacial score (nSPS) is 16.9. The number of para-hydroxylation sites is 1. The van der Waals surface area contributed by atoms with Gasteiger partial charge in [-0.25, -0.2) is 0 Å². The highest BCUT2D eigenvalue weighted by molar-refractivity contribution is 5.92. The summed E-state index contributed by atoms with van der Waals surface area (Å²) in [5, 5.41) is 14.4. The number of hydrogen-bond acceptors (Lipinski definition) is 5. The van der Waals surface area contributed by atoms with Gasteiger partial charge in [0.25, 0.3) is 0 Å². The second kappa shape index (κ2) is 9.02. The molecule has 0 radical (unpaired) electrons. The van der Waals surface area contributed by atoms with E-state index in [2.05, 4.69) is 57.7 Å². The van der Waals surface area contributed by atoms with Crippen LogP contribution in [0.4, 0.5) is 0 Å². The molecule has 3 heterocycles. The third-order valence-corrected chi connectivity index (χ3v) is 5.93. The molecule has 1 unspecified atom stereocenters. The number of fused-ring (bicyclic) bond motifs is 1. The van der Waals surface area contributed by atoms with E-state index in [0.717, 1.165) is 60.6 Å². The van der Waals surface area contributed by atoms with Crippen molar-refractivity contribution in [3.05, 3.63) is 89.8 Å². The van der Waals surface area contributed by atoms with Crippen LogP contribution in [0.1, 0.15) is 23.3 Å². The predicted octanol–water partition coefficient (Wildman–Crippen LogP) is 4.35. The van der Waals surface area contributed by atoms with Gasteiger partial charge < -0.3 is 14.8 Å². The van der Waals surface area contributed by atoms with Crippen molar-refractivity contribution in [2.24, 2.45) is 0 Å². The van der Waals surface area contributed by atoms with Crippen LogP contribution in [0.2, 0.25) is 0 Å². The molecule has 31 heavy (non-hydrogen) atoms.